The highest BCUT2D eigenvalue weighted by atomic mass is 16.6. The molecule has 2 rings (SSSR count). The normalized spacial score (nSPS) is 10.4. The van der Waals surface area contributed by atoms with Crippen molar-refractivity contribution in [3.63, 3.8) is 0 Å². The zero-order valence-electron chi connectivity index (χ0n) is 11.7. The summed E-state index contributed by atoms with van der Waals surface area (Å²) >= 11 is 0. The molecule has 0 unspecified atom stereocenters. The minimum absolute atomic E-state index is 0.0360. The zero-order valence-corrected chi connectivity index (χ0v) is 11.7. The first-order chi connectivity index (χ1) is 10.0. The second kappa shape index (κ2) is 6.23. The van der Waals surface area contributed by atoms with Crippen LogP contribution in [0.3, 0.4) is 0 Å². The molecule has 2 N–H and O–H groups in total. The Labute approximate surface area is 120 Å². The maximum absolute atomic E-state index is 11.0. The highest BCUT2D eigenvalue weighted by Gasteiger charge is 2.19. The van der Waals surface area contributed by atoms with E-state index in [9.17, 15) is 10.1 Å². The van der Waals surface area contributed by atoms with Gasteiger partial charge < -0.3 is 19.7 Å². The molecule has 8 nitrogen and oxygen atoms in total. The predicted octanol–water partition coefficient (Wildman–Crippen LogP) is 1.94. The molecule has 2 aromatic rings. The van der Waals surface area contributed by atoms with E-state index in [0.29, 0.717) is 17.1 Å². The molecule has 1 aromatic carbocycles. The van der Waals surface area contributed by atoms with Gasteiger partial charge in [0.1, 0.15) is 6.61 Å². The number of rotatable bonds is 6. The minimum Gasteiger partial charge on any atom is -0.493 e. The van der Waals surface area contributed by atoms with Gasteiger partial charge in [-0.25, -0.2) is 0 Å². The second-order valence-corrected chi connectivity index (χ2v) is 4.32. The van der Waals surface area contributed by atoms with Gasteiger partial charge in [-0.3, -0.25) is 10.1 Å². The van der Waals surface area contributed by atoms with Gasteiger partial charge in [-0.2, -0.15) is 0 Å². The second-order valence-electron chi connectivity index (χ2n) is 4.32. The van der Waals surface area contributed by atoms with Gasteiger partial charge in [0.25, 0.3) is 5.69 Å². The average Bonchev–Trinajstić information content (AvgIpc) is 2.89. The van der Waals surface area contributed by atoms with Crippen LogP contribution in [0.4, 0.5) is 5.69 Å². The fourth-order valence-electron chi connectivity index (χ4n) is 1.83. The first kappa shape index (κ1) is 14.8. The van der Waals surface area contributed by atoms with E-state index in [0.717, 1.165) is 5.69 Å². The molecular formula is C13H15N3O5. The lowest BCUT2D eigenvalue weighted by atomic mass is 10.1. The number of ether oxygens (including phenoxy) is 2. The summed E-state index contributed by atoms with van der Waals surface area (Å²) < 4.78 is 15.7. The Morgan fingerprint density at radius 1 is 1.38 bits per heavy atom. The lowest BCUT2D eigenvalue weighted by Gasteiger charge is -2.11. The number of benzene rings is 1. The Morgan fingerprint density at radius 3 is 2.67 bits per heavy atom. The SMILES string of the molecule is COc1cc(CN)c([N+](=O)[O-])cc1OCc1cc(C)no1. The van der Waals surface area contributed by atoms with E-state index in [1.165, 1.54) is 19.2 Å². The molecule has 112 valence electrons. The average molecular weight is 293 g/mol. The van der Waals surface area contributed by atoms with Gasteiger partial charge in [-0.15, -0.1) is 0 Å². The number of nitro groups is 1. The lowest BCUT2D eigenvalue weighted by Crippen LogP contribution is -2.04. The summed E-state index contributed by atoms with van der Waals surface area (Å²) in [6.45, 7) is 1.92. The molecule has 8 heteroatoms. The molecule has 21 heavy (non-hydrogen) atoms. The molecule has 0 radical (unpaired) electrons. The quantitative estimate of drug-likeness (QED) is 0.639. The summed E-state index contributed by atoms with van der Waals surface area (Å²) in [5, 5.41) is 14.8. The van der Waals surface area contributed by atoms with Gasteiger partial charge in [-0.05, 0) is 13.0 Å². The monoisotopic (exact) mass is 293 g/mol. The summed E-state index contributed by atoms with van der Waals surface area (Å²) in [5.74, 6) is 1.13. The molecule has 0 atom stereocenters. The third-order valence-electron chi connectivity index (χ3n) is 2.83. The third kappa shape index (κ3) is 3.29. The first-order valence-electron chi connectivity index (χ1n) is 6.15. The van der Waals surface area contributed by atoms with Crippen molar-refractivity contribution < 1.29 is 18.9 Å². The van der Waals surface area contributed by atoms with Gasteiger partial charge in [0.2, 0.25) is 0 Å². The lowest BCUT2D eigenvalue weighted by molar-refractivity contribution is -0.385. The van der Waals surface area contributed by atoms with Gasteiger partial charge in [0, 0.05) is 18.2 Å². The highest BCUT2D eigenvalue weighted by Crippen LogP contribution is 2.35. The van der Waals surface area contributed by atoms with Crippen molar-refractivity contribution in [2.75, 3.05) is 7.11 Å². The standard InChI is InChI=1S/C13H15N3O5/c1-8-3-10(21-15-8)7-20-13-5-11(16(17)18)9(6-14)4-12(13)19-2/h3-5H,6-7,14H2,1-2H3. The van der Waals surface area contributed by atoms with Gasteiger partial charge in [0.05, 0.1) is 23.8 Å². The number of aromatic nitrogens is 1. The van der Waals surface area contributed by atoms with Gasteiger partial charge >= 0.3 is 0 Å². The molecule has 0 aliphatic carbocycles. The summed E-state index contributed by atoms with van der Waals surface area (Å²) in [5.41, 5.74) is 6.50. The number of nitrogens with two attached hydrogens (primary N) is 1. The number of aryl methyl sites for hydroxylation is 1. The Kier molecular flexibility index (Phi) is 4.39. The molecule has 0 spiro atoms. The van der Waals surface area contributed by atoms with E-state index in [2.05, 4.69) is 5.16 Å². The molecule has 0 saturated carbocycles. The van der Waals surface area contributed by atoms with E-state index in [1.807, 2.05) is 0 Å². The van der Waals surface area contributed by atoms with Crippen LogP contribution < -0.4 is 15.2 Å². The molecule has 1 aromatic heterocycles. The molecule has 0 saturated heterocycles. The van der Waals surface area contributed by atoms with Crippen molar-refractivity contribution in [1.29, 1.82) is 0 Å². The number of methoxy groups -OCH3 is 1. The van der Waals surface area contributed by atoms with Crippen LogP contribution in [-0.4, -0.2) is 17.2 Å². The van der Waals surface area contributed by atoms with Gasteiger partial charge in [0.15, 0.2) is 17.3 Å². The van der Waals surface area contributed by atoms with Crippen LogP contribution in [-0.2, 0) is 13.2 Å². The molecule has 0 aliphatic heterocycles. The summed E-state index contributed by atoms with van der Waals surface area (Å²) in [6, 6.07) is 4.51. The van der Waals surface area contributed by atoms with Crippen LogP contribution in [0.1, 0.15) is 17.0 Å². The highest BCUT2D eigenvalue weighted by molar-refractivity contribution is 5.54. The Hall–Kier alpha value is -2.61. The van der Waals surface area contributed by atoms with Crippen molar-refractivity contribution in [2.24, 2.45) is 5.73 Å². The van der Waals surface area contributed by atoms with Crippen molar-refractivity contribution >= 4 is 5.69 Å². The first-order valence-corrected chi connectivity index (χ1v) is 6.15. The number of hydrogen-bond donors (Lipinski definition) is 1. The van der Waals surface area contributed by atoms with Gasteiger partial charge in [-0.1, -0.05) is 5.16 Å². The topological polar surface area (TPSA) is 114 Å². The summed E-state index contributed by atoms with van der Waals surface area (Å²) in [4.78, 5) is 10.5. The van der Waals surface area contributed by atoms with Crippen molar-refractivity contribution in [2.45, 2.75) is 20.1 Å². The molecule has 1 heterocycles. The summed E-state index contributed by atoms with van der Waals surface area (Å²) in [7, 11) is 1.45. The predicted molar refractivity (Wildman–Crippen MR) is 73.1 cm³/mol. The Morgan fingerprint density at radius 2 is 2.14 bits per heavy atom. The third-order valence-corrected chi connectivity index (χ3v) is 2.83. The van der Waals surface area contributed by atoms with E-state index >= 15 is 0 Å². The number of nitrogens with zero attached hydrogens (tertiary/aromatic N) is 2. The van der Waals surface area contributed by atoms with Crippen LogP contribution in [0.5, 0.6) is 11.5 Å². The van der Waals surface area contributed by atoms with E-state index < -0.39 is 4.92 Å². The smallest absolute Gasteiger partial charge is 0.277 e. The number of nitro benzene ring substituents is 1. The molecule has 0 bridgehead atoms. The molecule has 0 aliphatic rings. The molecule has 0 fully saturated rings. The Bertz CT molecular complexity index is 653. The minimum atomic E-state index is -0.507. The molecular weight excluding hydrogens is 278 g/mol. The van der Waals surface area contributed by atoms with Crippen LogP contribution >= 0.6 is 0 Å². The van der Waals surface area contributed by atoms with Crippen LogP contribution in [0.15, 0.2) is 22.7 Å². The van der Waals surface area contributed by atoms with Crippen LogP contribution in [0, 0.1) is 17.0 Å². The fourth-order valence-corrected chi connectivity index (χ4v) is 1.83. The van der Waals surface area contributed by atoms with Crippen molar-refractivity contribution in [1.82, 2.24) is 5.16 Å². The van der Waals surface area contributed by atoms with Crippen molar-refractivity contribution in [3.05, 3.63) is 45.3 Å². The molecule has 0 amide bonds. The van der Waals surface area contributed by atoms with E-state index in [-0.39, 0.29) is 24.6 Å². The van der Waals surface area contributed by atoms with Crippen molar-refractivity contribution in [3.8, 4) is 11.5 Å². The Balaban J connectivity index is 2.28. The van der Waals surface area contributed by atoms with Crippen LogP contribution in [0.2, 0.25) is 0 Å². The summed E-state index contributed by atoms with van der Waals surface area (Å²) in [6.07, 6.45) is 0. The largest absolute Gasteiger partial charge is 0.493 e. The van der Waals surface area contributed by atoms with E-state index in [4.69, 9.17) is 19.7 Å². The zero-order chi connectivity index (χ0) is 15.4. The maximum atomic E-state index is 11.0. The van der Waals surface area contributed by atoms with Crippen LogP contribution in [0.25, 0.3) is 0 Å². The number of hydrogen-bond acceptors (Lipinski definition) is 7. The van der Waals surface area contributed by atoms with E-state index in [1.54, 1.807) is 13.0 Å². The maximum Gasteiger partial charge on any atom is 0.277 e. The fraction of sp³-hybridized carbons (Fsp3) is 0.308.